The van der Waals surface area contributed by atoms with Gasteiger partial charge in [-0.05, 0) is 36.8 Å². The lowest BCUT2D eigenvalue weighted by molar-refractivity contribution is 0.0766. The van der Waals surface area contributed by atoms with Gasteiger partial charge in [0, 0.05) is 24.2 Å². The molecule has 2 aromatic rings. The first-order chi connectivity index (χ1) is 11.9. The molecule has 1 amide bonds. The van der Waals surface area contributed by atoms with E-state index in [1.807, 2.05) is 0 Å². The number of amides is 1. The Morgan fingerprint density at radius 3 is 2.36 bits per heavy atom. The van der Waals surface area contributed by atoms with Crippen LogP contribution in [0, 0.1) is 11.6 Å². The van der Waals surface area contributed by atoms with Gasteiger partial charge in [-0.3, -0.25) is 4.79 Å². The molecule has 132 valence electrons. The Balaban J connectivity index is 1.84. The first-order valence-corrected chi connectivity index (χ1v) is 9.61. The lowest BCUT2D eigenvalue weighted by Crippen LogP contribution is -2.33. The van der Waals surface area contributed by atoms with Crippen LogP contribution < -0.4 is 0 Å². The zero-order chi connectivity index (χ0) is 18.0. The van der Waals surface area contributed by atoms with Gasteiger partial charge in [-0.2, -0.15) is 0 Å². The van der Waals surface area contributed by atoms with Crippen molar-refractivity contribution in [1.29, 1.82) is 0 Å². The summed E-state index contributed by atoms with van der Waals surface area (Å²) in [5, 5.41) is -0.972. The SMILES string of the molecule is O=C(c1ccc(F)cc1)N1CCC(c2ccccc2F)S(=O)(=O)CC1. The van der Waals surface area contributed by atoms with Crippen LogP contribution in [-0.4, -0.2) is 38.1 Å². The quantitative estimate of drug-likeness (QED) is 0.822. The fourth-order valence-corrected chi connectivity index (χ4v) is 4.81. The first-order valence-electron chi connectivity index (χ1n) is 7.89. The minimum Gasteiger partial charge on any atom is -0.338 e. The Kier molecular flexibility index (Phi) is 4.85. The number of benzene rings is 2. The van der Waals surface area contributed by atoms with Gasteiger partial charge in [0.25, 0.3) is 5.91 Å². The summed E-state index contributed by atoms with van der Waals surface area (Å²) in [6.07, 6.45) is 0.121. The Labute approximate surface area is 145 Å². The topological polar surface area (TPSA) is 54.5 Å². The van der Waals surface area contributed by atoms with E-state index in [0.29, 0.717) is 5.56 Å². The van der Waals surface area contributed by atoms with Crippen LogP contribution in [0.15, 0.2) is 48.5 Å². The predicted octanol–water partition coefficient (Wildman–Crippen LogP) is 2.97. The molecule has 1 fully saturated rings. The molecular formula is C18H17F2NO3S. The van der Waals surface area contributed by atoms with Gasteiger partial charge in [0.05, 0.1) is 11.0 Å². The molecule has 0 spiro atoms. The molecule has 3 rings (SSSR count). The molecule has 0 bridgehead atoms. The van der Waals surface area contributed by atoms with Crippen molar-refractivity contribution in [3.8, 4) is 0 Å². The largest absolute Gasteiger partial charge is 0.338 e. The first kappa shape index (κ1) is 17.5. The second-order valence-electron chi connectivity index (χ2n) is 5.96. The third kappa shape index (κ3) is 3.71. The lowest BCUT2D eigenvalue weighted by atomic mass is 10.1. The summed E-state index contributed by atoms with van der Waals surface area (Å²) in [5.74, 6) is -1.60. The lowest BCUT2D eigenvalue weighted by Gasteiger charge is -2.20. The van der Waals surface area contributed by atoms with Crippen LogP contribution >= 0.6 is 0 Å². The smallest absolute Gasteiger partial charge is 0.253 e. The normalized spacial score (nSPS) is 20.1. The van der Waals surface area contributed by atoms with E-state index in [2.05, 4.69) is 0 Å². The molecule has 25 heavy (non-hydrogen) atoms. The maximum atomic E-state index is 14.0. The van der Waals surface area contributed by atoms with E-state index in [-0.39, 0.29) is 36.7 Å². The molecule has 0 aliphatic carbocycles. The van der Waals surface area contributed by atoms with E-state index >= 15 is 0 Å². The molecule has 1 atom stereocenters. The van der Waals surface area contributed by atoms with Crippen molar-refractivity contribution in [3.05, 3.63) is 71.3 Å². The van der Waals surface area contributed by atoms with Gasteiger partial charge >= 0.3 is 0 Å². The number of sulfone groups is 1. The molecule has 0 aromatic heterocycles. The van der Waals surface area contributed by atoms with Crippen molar-refractivity contribution >= 4 is 15.7 Å². The fraction of sp³-hybridized carbons (Fsp3) is 0.278. The Morgan fingerprint density at radius 1 is 1.00 bits per heavy atom. The summed E-state index contributed by atoms with van der Waals surface area (Å²) in [6, 6.07) is 10.9. The van der Waals surface area contributed by atoms with Crippen LogP contribution in [0.4, 0.5) is 8.78 Å². The van der Waals surface area contributed by atoms with E-state index in [1.54, 1.807) is 6.07 Å². The summed E-state index contributed by atoms with van der Waals surface area (Å²) in [5.41, 5.74) is 0.432. The van der Waals surface area contributed by atoms with Gasteiger partial charge in [0.1, 0.15) is 11.6 Å². The number of carbonyl (C=O) groups is 1. The minimum atomic E-state index is -3.58. The van der Waals surface area contributed by atoms with Crippen molar-refractivity contribution in [2.45, 2.75) is 11.7 Å². The Hall–Kier alpha value is -2.28. The van der Waals surface area contributed by atoms with E-state index in [9.17, 15) is 22.0 Å². The average molecular weight is 365 g/mol. The Bertz CT molecular complexity index is 881. The van der Waals surface area contributed by atoms with Gasteiger partial charge in [-0.25, -0.2) is 17.2 Å². The standard InChI is InChI=1S/C18H17F2NO3S/c19-14-7-5-13(6-8-14)18(22)21-10-9-17(25(23,24)12-11-21)15-3-1-2-4-16(15)20/h1-8,17H,9-12H2. The molecule has 2 aromatic carbocycles. The highest BCUT2D eigenvalue weighted by Gasteiger charge is 2.34. The van der Waals surface area contributed by atoms with E-state index in [4.69, 9.17) is 0 Å². The average Bonchev–Trinajstić information content (AvgIpc) is 2.74. The Morgan fingerprint density at radius 2 is 1.68 bits per heavy atom. The van der Waals surface area contributed by atoms with Gasteiger partial charge in [0.2, 0.25) is 0 Å². The molecule has 1 unspecified atom stereocenters. The second kappa shape index (κ2) is 6.92. The van der Waals surface area contributed by atoms with Crippen molar-refractivity contribution in [1.82, 2.24) is 4.90 Å². The summed E-state index contributed by atoms with van der Waals surface area (Å²) >= 11 is 0. The highest BCUT2D eigenvalue weighted by Crippen LogP contribution is 2.31. The van der Waals surface area contributed by atoms with Crippen LogP contribution in [0.1, 0.15) is 27.6 Å². The molecule has 1 aliphatic rings. The van der Waals surface area contributed by atoms with E-state index < -0.39 is 26.7 Å². The van der Waals surface area contributed by atoms with Crippen LogP contribution in [0.5, 0.6) is 0 Å². The summed E-state index contributed by atoms with van der Waals surface area (Å²) in [7, 11) is -3.58. The maximum absolute atomic E-state index is 14.0. The van der Waals surface area contributed by atoms with Crippen LogP contribution in [0.3, 0.4) is 0 Å². The number of nitrogens with zero attached hydrogens (tertiary/aromatic N) is 1. The van der Waals surface area contributed by atoms with Gasteiger partial charge < -0.3 is 4.90 Å². The highest BCUT2D eigenvalue weighted by atomic mass is 32.2. The second-order valence-corrected chi connectivity index (χ2v) is 8.27. The van der Waals surface area contributed by atoms with Crippen LogP contribution in [0.25, 0.3) is 0 Å². The van der Waals surface area contributed by atoms with E-state index in [0.717, 1.165) is 0 Å². The van der Waals surface area contributed by atoms with Crippen molar-refractivity contribution < 1.29 is 22.0 Å². The molecule has 0 saturated carbocycles. The third-order valence-corrected chi connectivity index (χ3v) is 6.48. The maximum Gasteiger partial charge on any atom is 0.253 e. The predicted molar refractivity (Wildman–Crippen MR) is 89.8 cm³/mol. The number of rotatable bonds is 2. The molecule has 1 heterocycles. The number of hydrogen-bond acceptors (Lipinski definition) is 3. The molecule has 7 heteroatoms. The number of carbonyl (C=O) groups excluding carboxylic acids is 1. The summed E-state index contributed by atoms with van der Waals surface area (Å²) in [6.45, 7) is 0.220. The van der Waals surface area contributed by atoms with Gasteiger partial charge in [-0.1, -0.05) is 18.2 Å². The molecule has 0 radical (unpaired) electrons. The monoisotopic (exact) mass is 365 g/mol. The number of hydrogen-bond donors (Lipinski definition) is 0. The zero-order valence-corrected chi connectivity index (χ0v) is 14.2. The summed E-state index contributed by atoms with van der Waals surface area (Å²) in [4.78, 5) is 13.9. The van der Waals surface area contributed by atoms with Crippen LogP contribution in [-0.2, 0) is 9.84 Å². The fourth-order valence-electron chi connectivity index (χ4n) is 3.01. The van der Waals surface area contributed by atoms with Crippen molar-refractivity contribution in [2.24, 2.45) is 0 Å². The van der Waals surface area contributed by atoms with Crippen LogP contribution in [0.2, 0.25) is 0 Å². The minimum absolute atomic E-state index is 0.0312. The highest BCUT2D eigenvalue weighted by molar-refractivity contribution is 7.91. The third-order valence-electron chi connectivity index (χ3n) is 4.37. The molecular weight excluding hydrogens is 348 g/mol. The molecule has 1 aliphatic heterocycles. The molecule has 1 saturated heterocycles. The zero-order valence-electron chi connectivity index (χ0n) is 13.4. The molecule has 0 N–H and O–H groups in total. The number of halogens is 2. The van der Waals surface area contributed by atoms with Gasteiger partial charge in [0.15, 0.2) is 9.84 Å². The summed E-state index contributed by atoms with van der Waals surface area (Å²) < 4.78 is 52.1. The molecule has 4 nitrogen and oxygen atoms in total. The van der Waals surface area contributed by atoms with Crippen molar-refractivity contribution in [2.75, 3.05) is 18.8 Å². The van der Waals surface area contributed by atoms with Crippen molar-refractivity contribution in [3.63, 3.8) is 0 Å². The van der Waals surface area contributed by atoms with E-state index in [1.165, 1.54) is 47.4 Å². The van der Waals surface area contributed by atoms with Gasteiger partial charge in [-0.15, -0.1) is 0 Å².